The highest BCUT2D eigenvalue weighted by molar-refractivity contribution is 14.1. The lowest BCUT2D eigenvalue weighted by molar-refractivity contribution is 0.600. The van der Waals surface area contributed by atoms with Crippen LogP contribution in [-0.2, 0) is 10.0 Å². The monoisotopic (exact) mass is 515 g/mol. The molecule has 0 spiro atoms. The fourth-order valence-corrected chi connectivity index (χ4v) is 4.54. The minimum absolute atomic E-state index is 0.195. The predicted molar refractivity (Wildman–Crippen MR) is 91.8 cm³/mol. The van der Waals surface area contributed by atoms with Gasteiger partial charge in [-0.05, 0) is 74.9 Å². The van der Waals surface area contributed by atoms with E-state index < -0.39 is 10.0 Å². The van der Waals surface area contributed by atoms with Crippen molar-refractivity contribution < 1.29 is 8.42 Å². The molecule has 2 rings (SSSR count). The second kappa shape index (κ2) is 6.11. The van der Waals surface area contributed by atoms with Crippen molar-refractivity contribution in [3.8, 4) is 0 Å². The second-order valence-electron chi connectivity index (χ2n) is 3.69. The van der Waals surface area contributed by atoms with Gasteiger partial charge in [-0.15, -0.1) is 0 Å². The zero-order valence-corrected chi connectivity index (χ0v) is 15.5. The number of rotatable bonds is 3. The Morgan fingerprint density at radius 3 is 2.47 bits per heavy atom. The molecule has 0 atom stereocenters. The molecule has 0 saturated heterocycles. The Hall–Kier alpha value is -0.120. The first-order chi connectivity index (χ1) is 8.88. The van der Waals surface area contributed by atoms with E-state index in [-0.39, 0.29) is 4.90 Å². The number of hydrogen-bond donors (Lipinski definition) is 1. The van der Waals surface area contributed by atoms with Gasteiger partial charge < -0.3 is 0 Å². The van der Waals surface area contributed by atoms with Crippen LogP contribution in [0.5, 0.6) is 0 Å². The lowest BCUT2D eigenvalue weighted by atomic mass is 10.3. The Kier molecular flexibility index (Phi) is 4.91. The summed E-state index contributed by atoms with van der Waals surface area (Å²) in [6.07, 6.45) is 0. The maximum Gasteiger partial charge on any atom is 0.263 e. The van der Waals surface area contributed by atoms with Crippen molar-refractivity contribution >= 4 is 70.2 Å². The SMILES string of the molecule is O=S(=O)(Nc1cccc(I)c1)c1cc(Br)ccc1Br. The molecule has 1 N–H and O–H groups in total. The molecule has 2 aromatic carbocycles. The van der Waals surface area contributed by atoms with E-state index in [1.165, 1.54) is 0 Å². The van der Waals surface area contributed by atoms with Gasteiger partial charge in [0, 0.05) is 18.2 Å². The first-order valence-corrected chi connectivity index (χ1v) is 9.27. The maximum atomic E-state index is 12.3. The molecule has 0 saturated carbocycles. The summed E-state index contributed by atoms with van der Waals surface area (Å²) < 4.78 is 29.4. The van der Waals surface area contributed by atoms with Gasteiger partial charge in [-0.25, -0.2) is 8.42 Å². The molecule has 0 fully saturated rings. The molecular weight excluding hydrogens is 509 g/mol. The first-order valence-electron chi connectivity index (χ1n) is 5.12. The molecule has 0 bridgehead atoms. The average molecular weight is 517 g/mol. The Balaban J connectivity index is 2.40. The summed E-state index contributed by atoms with van der Waals surface area (Å²) in [5.41, 5.74) is 0.541. The van der Waals surface area contributed by atoms with Crippen LogP contribution in [-0.4, -0.2) is 8.42 Å². The number of hydrogen-bond acceptors (Lipinski definition) is 2. The minimum Gasteiger partial charge on any atom is -0.280 e. The van der Waals surface area contributed by atoms with Crippen molar-refractivity contribution in [2.75, 3.05) is 4.72 Å². The molecule has 0 aliphatic rings. The van der Waals surface area contributed by atoms with E-state index in [4.69, 9.17) is 0 Å². The van der Waals surface area contributed by atoms with Gasteiger partial charge in [-0.2, -0.15) is 0 Å². The van der Waals surface area contributed by atoms with E-state index in [0.717, 1.165) is 3.57 Å². The van der Waals surface area contributed by atoms with Crippen molar-refractivity contribution in [3.05, 3.63) is 55.0 Å². The molecule has 0 unspecified atom stereocenters. The van der Waals surface area contributed by atoms with Gasteiger partial charge in [0.1, 0.15) is 4.90 Å². The number of sulfonamides is 1. The van der Waals surface area contributed by atoms with Crippen molar-refractivity contribution in [3.63, 3.8) is 0 Å². The Morgan fingerprint density at radius 2 is 1.79 bits per heavy atom. The summed E-state index contributed by atoms with van der Waals surface area (Å²) in [5, 5.41) is 0. The summed E-state index contributed by atoms with van der Waals surface area (Å²) in [6, 6.07) is 12.2. The number of anilines is 1. The lowest BCUT2D eigenvalue weighted by Gasteiger charge is -2.10. The van der Waals surface area contributed by atoms with Gasteiger partial charge in [0.15, 0.2) is 0 Å². The summed E-state index contributed by atoms with van der Waals surface area (Å²) in [6.45, 7) is 0. The van der Waals surface area contributed by atoms with E-state index in [1.54, 1.807) is 36.4 Å². The molecule has 2 aromatic rings. The normalized spacial score (nSPS) is 11.3. The molecule has 0 radical (unpaired) electrons. The highest BCUT2D eigenvalue weighted by atomic mass is 127. The van der Waals surface area contributed by atoms with E-state index >= 15 is 0 Å². The van der Waals surface area contributed by atoms with Crippen molar-refractivity contribution in [2.24, 2.45) is 0 Å². The van der Waals surface area contributed by atoms with E-state index in [1.807, 2.05) is 6.07 Å². The number of benzene rings is 2. The maximum absolute atomic E-state index is 12.3. The summed E-state index contributed by atoms with van der Waals surface area (Å²) in [4.78, 5) is 0.195. The standard InChI is InChI=1S/C12H8Br2INO2S/c13-8-4-5-11(14)12(6-8)19(17,18)16-10-3-1-2-9(15)7-10/h1-7,16H. The van der Waals surface area contributed by atoms with Gasteiger partial charge >= 0.3 is 0 Å². The van der Waals surface area contributed by atoms with Crippen LogP contribution in [0.1, 0.15) is 0 Å². The van der Waals surface area contributed by atoms with Gasteiger partial charge in [-0.1, -0.05) is 22.0 Å². The molecule has 0 aliphatic carbocycles. The van der Waals surface area contributed by atoms with Crippen molar-refractivity contribution in [2.45, 2.75) is 4.90 Å². The van der Waals surface area contributed by atoms with Crippen LogP contribution < -0.4 is 4.72 Å². The first kappa shape index (κ1) is 15.3. The second-order valence-corrected chi connectivity index (χ2v) is 8.36. The van der Waals surface area contributed by atoms with Crippen LogP contribution in [0, 0.1) is 3.57 Å². The van der Waals surface area contributed by atoms with Crippen LogP contribution in [0.15, 0.2) is 56.3 Å². The molecule has 19 heavy (non-hydrogen) atoms. The molecule has 0 aliphatic heterocycles. The Morgan fingerprint density at radius 1 is 1.05 bits per heavy atom. The van der Waals surface area contributed by atoms with Gasteiger partial charge in [0.05, 0.1) is 0 Å². The fourth-order valence-electron chi connectivity index (χ4n) is 1.45. The van der Waals surface area contributed by atoms with Crippen molar-refractivity contribution in [1.29, 1.82) is 0 Å². The van der Waals surface area contributed by atoms with Crippen LogP contribution in [0.25, 0.3) is 0 Å². The summed E-state index contributed by atoms with van der Waals surface area (Å²) in [5.74, 6) is 0. The molecule has 0 heterocycles. The molecule has 3 nitrogen and oxygen atoms in total. The number of nitrogens with one attached hydrogen (secondary N) is 1. The highest BCUT2D eigenvalue weighted by Gasteiger charge is 2.18. The molecular formula is C12H8Br2INO2S. The summed E-state index contributed by atoms with van der Waals surface area (Å²) >= 11 is 8.66. The average Bonchev–Trinajstić information content (AvgIpc) is 2.31. The third-order valence-electron chi connectivity index (χ3n) is 2.26. The topological polar surface area (TPSA) is 46.2 Å². The van der Waals surface area contributed by atoms with Gasteiger partial charge in [-0.3, -0.25) is 4.72 Å². The zero-order chi connectivity index (χ0) is 14.0. The highest BCUT2D eigenvalue weighted by Crippen LogP contribution is 2.27. The number of halogens is 3. The smallest absolute Gasteiger partial charge is 0.263 e. The molecule has 7 heteroatoms. The Bertz CT molecular complexity index is 719. The van der Waals surface area contributed by atoms with E-state index in [2.05, 4.69) is 59.2 Å². The quantitative estimate of drug-likeness (QED) is 0.605. The van der Waals surface area contributed by atoms with Gasteiger partial charge in [0.2, 0.25) is 0 Å². The van der Waals surface area contributed by atoms with Gasteiger partial charge in [0.25, 0.3) is 10.0 Å². The third-order valence-corrected chi connectivity index (χ3v) is 5.80. The largest absolute Gasteiger partial charge is 0.280 e. The van der Waals surface area contributed by atoms with Crippen LogP contribution >= 0.6 is 54.5 Å². The van der Waals surface area contributed by atoms with Crippen molar-refractivity contribution in [1.82, 2.24) is 0 Å². The lowest BCUT2D eigenvalue weighted by Crippen LogP contribution is -2.13. The predicted octanol–water partition coefficient (Wildman–Crippen LogP) is 4.62. The molecule has 0 aromatic heterocycles. The fraction of sp³-hybridized carbons (Fsp3) is 0. The zero-order valence-electron chi connectivity index (χ0n) is 9.40. The van der Waals surface area contributed by atoms with Crippen LogP contribution in [0.2, 0.25) is 0 Å². The molecule has 0 amide bonds. The van der Waals surface area contributed by atoms with Crippen LogP contribution in [0.3, 0.4) is 0 Å². The minimum atomic E-state index is -3.61. The summed E-state index contributed by atoms with van der Waals surface area (Å²) in [7, 11) is -3.61. The van der Waals surface area contributed by atoms with E-state index in [9.17, 15) is 8.42 Å². The van der Waals surface area contributed by atoms with Crippen LogP contribution in [0.4, 0.5) is 5.69 Å². The Labute approximate surface area is 142 Å². The van der Waals surface area contributed by atoms with E-state index in [0.29, 0.717) is 14.6 Å². The molecule has 100 valence electrons. The third kappa shape index (κ3) is 3.93.